The van der Waals surface area contributed by atoms with Gasteiger partial charge in [0, 0.05) is 51.1 Å². The number of rotatable bonds is 8. The van der Waals surface area contributed by atoms with Crippen LogP contribution in [0.5, 0.6) is 0 Å². The molecule has 1 saturated heterocycles. The van der Waals surface area contributed by atoms with Gasteiger partial charge in [0.15, 0.2) is 0 Å². The Kier molecular flexibility index (Phi) is 6.72. The molecule has 7 heteroatoms. The molecule has 4 heterocycles. The molecule has 1 aliphatic rings. The molecule has 0 aliphatic carbocycles. The highest BCUT2D eigenvalue weighted by Gasteiger charge is 2.31. The van der Waals surface area contributed by atoms with Crippen molar-refractivity contribution in [2.75, 3.05) is 20.1 Å². The highest BCUT2D eigenvalue weighted by molar-refractivity contribution is 5.77. The van der Waals surface area contributed by atoms with Crippen LogP contribution in [0.25, 0.3) is 5.82 Å². The van der Waals surface area contributed by atoms with E-state index in [1.807, 2.05) is 59.1 Å². The Hall–Kier alpha value is -3.06. The van der Waals surface area contributed by atoms with E-state index in [0.717, 1.165) is 55.4 Å². The van der Waals surface area contributed by atoms with Crippen LogP contribution < -0.4 is 0 Å². The summed E-state index contributed by atoms with van der Waals surface area (Å²) in [5, 5.41) is 0. The number of carbonyl (C=O) groups excluding carboxylic acids is 1. The number of hydrogen-bond donors (Lipinski definition) is 0. The molecule has 0 saturated carbocycles. The summed E-state index contributed by atoms with van der Waals surface area (Å²) in [5.74, 6) is 2.04. The Balaban J connectivity index is 1.41. The third-order valence-electron chi connectivity index (χ3n) is 5.82. The molecule has 1 aliphatic heterocycles. The number of imidazole rings is 1. The van der Waals surface area contributed by atoms with E-state index in [2.05, 4.69) is 21.8 Å². The van der Waals surface area contributed by atoms with Crippen molar-refractivity contribution in [1.29, 1.82) is 0 Å². The molecule has 0 bridgehead atoms. The van der Waals surface area contributed by atoms with Crippen LogP contribution in [0.15, 0.2) is 55.0 Å². The molecular formula is C24H30N6O. The fourth-order valence-electron chi connectivity index (χ4n) is 4.21. The van der Waals surface area contributed by atoms with Crippen molar-refractivity contribution in [3.8, 4) is 5.82 Å². The molecule has 1 atom stereocenters. The maximum atomic E-state index is 13.0. The standard InChI is InChI=1S/C24H30N6O/c1-3-22-26-14-17-30(22)23-11-6-9-20(27-23)21-10-7-15-29(21)24(31)12-16-28(2)18-19-8-4-5-13-25-19/h4-6,8-9,11,13-14,17,21H,3,7,10,12,15-16,18H2,1-2H3. The second-order valence-corrected chi connectivity index (χ2v) is 8.04. The molecule has 3 aromatic heterocycles. The average Bonchev–Trinajstić information content (AvgIpc) is 3.48. The molecule has 7 nitrogen and oxygen atoms in total. The van der Waals surface area contributed by atoms with Crippen LogP contribution >= 0.6 is 0 Å². The number of carbonyl (C=O) groups is 1. The topological polar surface area (TPSA) is 67.2 Å². The summed E-state index contributed by atoms with van der Waals surface area (Å²) < 4.78 is 2.02. The predicted molar refractivity (Wildman–Crippen MR) is 120 cm³/mol. The molecule has 0 radical (unpaired) electrons. The Morgan fingerprint density at radius 1 is 1.16 bits per heavy atom. The van der Waals surface area contributed by atoms with Crippen molar-refractivity contribution >= 4 is 5.91 Å². The first kappa shape index (κ1) is 21.2. The minimum absolute atomic E-state index is 0.0437. The number of nitrogens with zero attached hydrogens (tertiary/aromatic N) is 6. The zero-order valence-corrected chi connectivity index (χ0v) is 18.3. The van der Waals surface area contributed by atoms with Crippen LogP contribution in [0.2, 0.25) is 0 Å². The number of aryl methyl sites for hydroxylation is 1. The number of pyridine rings is 2. The van der Waals surface area contributed by atoms with Crippen LogP contribution in [-0.2, 0) is 17.8 Å². The van der Waals surface area contributed by atoms with Gasteiger partial charge < -0.3 is 9.80 Å². The summed E-state index contributed by atoms with van der Waals surface area (Å²) in [4.78, 5) is 30.9. The number of aromatic nitrogens is 4. The van der Waals surface area contributed by atoms with Gasteiger partial charge in [-0.25, -0.2) is 9.97 Å². The zero-order valence-electron chi connectivity index (χ0n) is 18.3. The first-order valence-electron chi connectivity index (χ1n) is 11.0. The fourth-order valence-corrected chi connectivity index (χ4v) is 4.21. The Bertz CT molecular complexity index is 1000. The maximum absolute atomic E-state index is 13.0. The lowest BCUT2D eigenvalue weighted by molar-refractivity contribution is -0.132. The third kappa shape index (κ3) is 4.99. The first-order chi connectivity index (χ1) is 15.2. The van der Waals surface area contributed by atoms with Gasteiger partial charge in [-0.05, 0) is 44.2 Å². The highest BCUT2D eigenvalue weighted by Crippen LogP contribution is 2.31. The molecule has 31 heavy (non-hydrogen) atoms. The van der Waals surface area contributed by atoms with Gasteiger partial charge in [0.1, 0.15) is 11.6 Å². The van der Waals surface area contributed by atoms with Crippen molar-refractivity contribution < 1.29 is 4.79 Å². The van der Waals surface area contributed by atoms with E-state index in [4.69, 9.17) is 4.98 Å². The van der Waals surface area contributed by atoms with Gasteiger partial charge in [-0.1, -0.05) is 19.1 Å². The Labute approximate surface area is 183 Å². The summed E-state index contributed by atoms with van der Waals surface area (Å²) in [5.41, 5.74) is 1.98. The summed E-state index contributed by atoms with van der Waals surface area (Å²) in [6.07, 6.45) is 8.87. The third-order valence-corrected chi connectivity index (χ3v) is 5.82. The van der Waals surface area contributed by atoms with Gasteiger partial charge in [0.25, 0.3) is 0 Å². The van der Waals surface area contributed by atoms with E-state index < -0.39 is 0 Å². The first-order valence-corrected chi connectivity index (χ1v) is 11.0. The molecule has 1 amide bonds. The molecule has 162 valence electrons. The van der Waals surface area contributed by atoms with Crippen LogP contribution in [0.1, 0.15) is 49.4 Å². The van der Waals surface area contributed by atoms with Gasteiger partial charge in [-0.2, -0.15) is 0 Å². The van der Waals surface area contributed by atoms with E-state index in [-0.39, 0.29) is 11.9 Å². The molecule has 0 spiro atoms. The summed E-state index contributed by atoms with van der Waals surface area (Å²) in [7, 11) is 2.03. The lowest BCUT2D eigenvalue weighted by atomic mass is 10.1. The van der Waals surface area contributed by atoms with Crippen LogP contribution in [-0.4, -0.2) is 55.4 Å². The van der Waals surface area contributed by atoms with Gasteiger partial charge in [0.05, 0.1) is 17.4 Å². The van der Waals surface area contributed by atoms with E-state index in [1.54, 1.807) is 12.4 Å². The van der Waals surface area contributed by atoms with Crippen molar-refractivity contribution in [3.63, 3.8) is 0 Å². The monoisotopic (exact) mass is 418 g/mol. The molecule has 1 unspecified atom stereocenters. The number of amides is 1. The lowest BCUT2D eigenvalue weighted by Crippen LogP contribution is -2.33. The predicted octanol–water partition coefficient (Wildman–Crippen LogP) is 3.41. The fraction of sp³-hybridized carbons (Fsp3) is 0.417. The highest BCUT2D eigenvalue weighted by atomic mass is 16.2. The quantitative estimate of drug-likeness (QED) is 0.561. The van der Waals surface area contributed by atoms with E-state index in [1.165, 1.54) is 0 Å². The van der Waals surface area contributed by atoms with Crippen LogP contribution in [0.4, 0.5) is 0 Å². The summed E-state index contributed by atoms with van der Waals surface area (Å²) in [6.45, 7) is 4.34. The van der Waals surface area contributed by atoms with Gasteiger partial charge in [-0.15, -0.1) is 0 Å². The van der Waals surface area contributed by atoms with Gasteiger partial charge >= 0.3 is 0 Å². The molecule has 3 aromatic rings. The average molecular weight is 419 g/mol. The normalized spacial score (nSPS) is 16.2. The SMILES string of the molecule is CCc1nccn1-c1cccc(C2CCCN2C(=O)CCN(C)Cc2ccccn2)n1. The summed E-state index contributed by atoms with van der Waals surface area (Å²) >= 11 is 0. The van der Waals surface area contributed by atoms with E-state index in [9.17, 15) is 4.79 Å². The van der Waals surface area contributed by atoms with Gasteiger partial charge in [0.2, 0.25) is 5.91 Å². The largest absolute Gasteiger partial charge is 0.334 e. The van der Waals surface area contributed by atoms with E-state index in [0.29, 0.717) is 13.0 Å². The van der Waals surface area contributed by atoms with Crippen molar-refractivity contribution in [2.45, 2.75) is 45.2 Å². The van der Waals surface area contributed by atoms with E-state index >= 15 is 0 Å². The van der Waals surface area contributed by atoms with Gasteiger partial charge in [-0.3, -0.25) is 14.3 Å². The molecule has 0 aromatic carbocycles. The maximum Gasteiger partial charge on any atom is 0.224 e. The Morgan fingerprint density at radius 3 is 2.87 bits per heavy atom. The molecule has 1 fully saturated rings. The van der Waals surface area contributed by atoms with Crippen LogP contribution in [0.3, 0.4) is 0 Å². The van der Waals surface area contributed by atoms with Crippen molar-refractivity contribution in [2.24, 2.45) is 0 Å². The van der Waals surface area contributed by atoms with Crippen LogP contribution in [0, 0.1) is 0 Å². The Morgan fingerprint density at radius 2 is 2.06 bits per heavy atom. The molecular weight excluding hydrogens is 388 g/mol. The van der Waals surface area contributed by atoms with Crippen molar-refractivity contribution in [3.05, 3.63) is 72.2 Å². The second kappa shape index (κ2) is 9.83. The lowest BCUT2D eigenvalue weighted by Gasteiger charge is -2.26. The smallest absolute Gasteiger partial charge is 0.224 e. The minimum atomic E-state index is 0.0437. The second-order valence-electron chi connectivity index (χ2n) is 8.04. The van der Waals surface area contributed by atoms with Crippen molar-refractivity contribution in [1.82, 2.24) is 29.3 Å². The number of hydrogen-bond acceptors (Lipinski definition) is 5. The minimum Gasteiger partial charge on any atom is -0.334 e. The number of likely N-dealkylation sites (tertiary alicyclic amines) is 1. The molecule has 0 N–H and O–H groups in total. The zero-order chi connectivity index (χ0) is 21.6. The summed E-state index contributed by atoms with van der Waals surface area (Å²) in [6, 6.07) is 12.0. The molecule has 4 rings (SSSR count).